The van der Waals surface area contributed by atoms with Gasteiger partial charge in [-0.2, -0.15) is 0 Å². The zero-order valence-electron chi connectivity index (χ0n) is 30.6. The first-order valence-corrected chi connectivity index (χ1v) is 18.0. The van der Waals surface area contributed by atoms with Gasteiger partial charge in [0.25, 0.3) is 0 Å². The van der Waals surface area contributed by atoms with Gasteiger partial charge in [-0.05, 0) is 117 Å². The van der Waals surface area contributed by atoms with Gasteiger partial charge >= 0.3 is 0 Å². The van der Waals surface area contributed by atoms with Crippen LogP contribution >= 0.6 is 11.3 Å². The van der Waals surface area contributed by atoms with E-state index in [4.69, 9.17) is 8.53 Å². The van der Waals surface area contributed by atoms with Gasteiger partial charge in [0.1, 0.15) is 11.2 Å². The second kappa shape index (κ2) is 12.0. The van der Waals surface area contributed by atoms with E-state index in [1.165, 1.54) is 42.4 Å². The minimum absolute atomic E-state index is 0.236. The van der Waals surface area contributed by atoms with Crippen LogP contribution in [0.4, 0.5) is 0 Å². The Kier molecular flexibility index (Phi) is 6.25. The number of furan rings is 1. The predicted octanol–water partition coefficient (Wildman–Crippen LogP) is 14.6. The topological polar surface area (TPSA) is 13.1 Å². The minimum atomic E-state index is -2.25. The van der Waals surface area contributed by atoms with Crippen LogP contribution in [0.2, 0.25) is 0 Å². The Hall–Kier alpha value is -6.22. The highest BCUT2D eigenvalue weighted by molar-refractivity contribution is 7.25. The van der Waals surface area contributed by atoms with Crippen molar-refractivity contribution < 1.29 is 8.53 Å². The maximum absolute atomic E-state index is 7.98. The highest BCUT2D eigenvalue weighted by atomic mass is 32.1. The van der Waals surface area contributed by atoms with Gasteiger partial charge in [0.15, 0.2) is 0 Å². The molecule has 10 aromatic rings. The summed E-state index contributed by atoms with van der Waals surface area (Å²) in [6.07, 6.45) is 0. The van der Waals surface area contributed by atoms with Crippen molar-refractivity contribution in [1.29, 1.82) is 0 Å². The Morgan fingerprint density at radius 2 is 0.843 bits per heavy atom. The fourth-order valence-electron chi connectivity index (χ4n) is 7.40. The maximum atomic E-state index is 7.98. The number of hydrogen-bond donors (Lipinski definition) is 0. The van der Waals surface area contributed by atoms with Crippen LogP contribution in [-0.4, -0.2) is 0 Å². The molecule has 0 fully saturated rings. The first kappa shape index (κ1) is 26.6. The van der Waals surface area contributed by atoms with E-state index < -0.39 is 6.85 Å². The van der Waals surface area contributed by atoms with Gasteiger partial charge in [-0.3, -0.25) is 0 Å². The Labute approximate surface area is 304 Å². The molecule has 0 saturated heterocycles. The third-order valence-electron chi connectivity index (χ3n) is 9.99. The lowest BCUT2D eigenvalue weighted by Crippen LogP contribution is -1.85. The van der Waals surface area contributed by atoms with Crippen LogP contribution in [0, 0.1) is 6.85 Å². The SMILES string of the molecule is [2H]C([2H])([2H])c1cccc2c1oc1ccc(-c3cccc(-c4cccc(-c5cccc(-c6cccc(-c7ccc8c(c7)sc7ccccc78)c6)c5)c4)c3)cc12. The van der Waals surface area contributed by atoms with E-state index in [-0.39, 0.29) is 5.56 Å². The molecule has 1 nitrogen and oxygen atoms in total. The number of rotatable bonds is 5. The number of thiophene rings is 1. The van der Waals surface area contributed by atoms with E-state index in [0.717, 1.165) is 44.2 Å². The molecule has 0 spiro atoms. The van der Waals surface area contributed by atoms with E-state index in [1.54, 1.807) is 12.1 Å². The number of para-hydroxylation sites is 1. The van der Waals surface area contributed by atoms with E-state index in [2.05, 4.69) is 146 Å². The van der Waals surface area contributed by atoms with E-state index in [1.807, 2.05) is 29.5 Å². The molecule has 2 aromatic heterocycles. The summed E-state index contributed by atoms with van der Waals surface area (Å²) in [7, 11) is 0. The average molecular weight is 672 g/mol. The minimum Gasteiger partial charge on any atom is -0.456 e. The lowest BCUT2D eigenvalue weighted by Gasteiger charge is -2.11. The average Bonchev–Trinajstić information content (AvgIpc) is 3.78. The summed E-state index contributed by atoms with van der Waals surface area (Å²) in [6, 6.07) is 61.8. The molecule has 0 aliphatic heterocycles. The van der Waals surface area contributed by atoms with Gasteiger partial charge in [0, 0.05) is 35.1 Å². The lowest BCUT2D eigenvalue weighted by atomic mass is 9.94. The van der Waals surface area contributed by atoms with Gasteiger partial charge in [-0.25, -0.2) is 0 Å². The van der Waals surface area contributed by atoms with Crippen molar-refractivity contribution in [2.24, 2.45) is 0 Å². The van der Waals surface area contributed by atoms with Crippen LogP contribution in [0.25, 0.3) is 97.7 Å². The fraction of sp³-hybridized carbons (Fsp3) is 0.0204. The highest BCUT2D eigenvalue weighted by Gasteiger charge is 2.12. The summed E-state index contributed by atoms with van der Waals surface area (Å²) in [5.41, 5.74) is 12.8. The lowest BCUT2D eigenvalue weighted by molar-refractivity contribution is 0.666. The monoisotopic (exact) mass is 671 g/mol. The summed E-state index contributed by atoms with van der Waals surface area (Å²) in [5.74, 6) is 0. The molecule has 0 radical (unpaired) electrons. The van der Waals surface area contributed by atoms with Crippen molar-refractivity contribution in [3.8, 4) is 55.6 Å². The molecule has 0 amide bonds. The van der Waals surface area contributed by atoms with Gasteiger partial charge in [-0.1, -0.05) is 127 Å². The third kappa shape index (κ3) is 5.24. The molecular formula is C49H32OS. The van der Waals surface area contributed by atoms with Crippen molar-refractivity contribution >= 4 is 53.4 Å². The molecule has 0 aliphatic rings. The molecule has 0 atom stereocenters. The standard InChI is InChI=1S/C49H32OS/c1-31-9-4-19-44-45-29-40(22-24-46(45)50-49(31)44)38-16-7-14-36(27-38)34-12-5-10-32(25-34)33-11-6-13-35(26-33)37-15-8-17-39(28-37)41-21-23-43-42-18-2-3-20-47(42)51-48(43)30-41/h2-30H,1H3/i1D3. The van der Waals surface area contributed by atoms with Crippen LogP contribution in [0.1, 0.15) is 9.68 Å². The third-order valence-corrected chi connectivity index (χ3v) is 11.1. The summed E-state index contributed by atoms with van der Waals surface area (Å²) in [5, 5.41) is 4.35. The first-order chi connectivity index (χ1) is 26.4. The zero-order chi connectivity index (χ0) is 36.4. The van der Waals surface area contributed by atoms with E-state index in [0.29, 0.717) is 11.2 Å². The summed E-state index contributed by atoms with van der Waals surface area (Å²) < 4.78 is 32.6. The molecule has 240 valence electrons. The first-order valence-electron chi connectivity index (χ1n) is 18.6. The van der Waals surface area contributed by atoms with Crippen molar-refractivity contribution in [3.63, 3.8) is 0 Å². The number of fused-ring (bicyclic) bond motifs is 6. The molecule has 0 unspecified atom stereocenters. The molecule has 8 aromatic carbocycles. The Bertz CT molecular complexity index is 3060. The molecule has 10 rings (SSSR count). The molecule has 51 heavy (non-hydrogen) atoms. The van der Waals surface area contributed by atoms with Crippen LogP contribution in [-0.2, 0) is 0 Å². The normalized spacial score (nSPS) is 12.7. The quantitative estimate of drug-likeness (QED) is 0.177. The Morgan fingerprint density at radius 1 is 0.373 bits per heavy atom. The Balaban J connectivity index is 0.956. The number of aryl methyl sites for hydroxylation is 1. The van der Waals surface area contributed by atoms with Crippen molar-refractivity contribution in [3.05, 3.63) is 181 Å². The number of benzene rings is 8. The highest BCUT2D eigenvalue weighted by Crippen LogP contribution is 2.38. The van der Waals surface area contributed by atoms with Crippen molar-refractivity contribution in [2.75, 3.05) is 0 Å². The number of hydrogen-bond acceptors (Lipinski definition) is 2. The van der Waals surface area contributed by atoms with Gasteiger partial charge in [0.2, 0.25) is 0 Å². The maximum Gasteiger partial charge on any atom is 0.138 e. The van der Waals surface area contributed by atoms with Crippen LogP contribution in [0.5, 0.6) is 0 Å². The molecule has 2 heterocycles. The van der Waals surface area contributed by atoms with Crippen molar-refractivity contribution in [1.82, 2.24) is 0 Å². The summed E-state index contributed by atoms with van der Waals surface area (Å²) >= 11 is 1.85. The summed E-state index contributed by atoms with van der Waals surface area (Å²) in [4.78, 5) is 0. The van der Waals surface area contributed by atoms with Gasteiger partial charge in [0.05, 0.1) is 0 Å². The smallest absolute Gasteiger partial charge is 0.138 e. The molecule has 0 bridgehead atoms. The molecule has 0 aliphatic carbocycles. The van der Waals surface area contributed by atoms with E-state index in [9.17, 15) is 0 Å². The van der Waals surface area contributed by atoms with E-state index >= 15 is 0 Å². The second-order valence-corrected chi connectivity index (χ2v) is 14.2. The Morgan fingerprint density at radius 3 is 1.43 bits per heavy atom. The van der Waals surface area contributed by atoms with Crippen LogP contribution < -0.4 is 0 Å². The zero-order valence-corrected chi connectivity index (χ0v) is 28.4. The molecule has 0 saturated carbocycles. The predicted molar refractivity (Wildman–Crippen MR) is 219 cm³/mol. The van der Waals surface area contributed by atoms with Gasteiger partial charge < -0.3 is 4.42 Å². The molecule has 0 N–H and O–H groups in total. The van der Waals surface area contributed by atoms with Crippen LogP contribution in [0.3, 0.4) is 0 Å². The fourth-order valence-corrected chi connectivity index (χ4v) is 8.54. The molecular weight excluding hydrogens is 637 g/mol. The van der Waals surface area contributed by atoms with Crippen molar-refractivity contribution in [2.45, 2.75) is 6.85 Å². The largest absolute Gasteiger partial charge is 0.456 e. The second-order valence-electron chi connectivity index (χ2n) is 13.1. The molecule has 2 heteroatoms. The van der Waals surface area contributed by atoms with Crippen LogP contribution in [0.15, 0.2) is 180 Å². The van der Waals surface area contributed by atoms with Gasteiger partial charge in [-0.15, -0.1) is 11.3 Å². The summed E-state index contributed by atoms with van der Waals surface area (Å²) in [6.45, 7) is -2.25.